The summed E-state index contributed by atoms with van der Waals surface area (Å²) in [4.78, 5) is 24.4. The van der Waals surface area contributed by atoms with Crippen molar-refractivity contribution in [3.05, 3.63) is 53.6 Å². The maximum atomic E-state index is 12.6. The van der Waals surface area contributed by atoms with Gasteiger partial charge >= 0.3 is 0 Å². The van der Waals surface area contributed by atoms with Crippen LogP contribution in [0.25, 0.3) is 0 Å². The lowest BCUT2D eigenvalue weighted by molar-refractivity contribution is -0.123. The standard InChI is InChI=1S/C22H29N3O4/c1-5-23-13-16-7-6-8-18(11-16)25-22(27)17-9-10-19(20(12-17)28-4)29-14-21(26)24-15(2)3/h6-12,15,23H,5,13-14H2,1-4H3,(H,24,26)(H,25,27). The van der Waals surface area contributed by atoms with Crippen LogP contribution in [0.1, 0.15) is 36.7 Å². The number of methoxy groups -OCH3 is 1. The maximum absolute atomic E-state index is 12.6. The van der Waals surface area contributed by atoms with Crippen molar-refractivity contribution in [3.8, 4) is 11.5 Å². The van der Waals surface area contributed by atoms with Gasteiger partial charge in [-0.25, -0.2) is 0 Å². The molecule has 156 valence electrons. The first-order valence-corrected chi connectivity index (χ1v) is 9.64. The molecule has 7 heteroatoms. The van der Waals surface area contributed by atoms with E-state index in [9.17, 15) is 9.59 Å². The minimum absolute atomic E-state index is 0.0373. The van der Waals surface area contributed by atoms with Crippen LogP contribution < -0.4 is 25.4 Å². The van der Waals surface area contributed by atoms with E-state index in [0.29, 0.717) is 17.1 Å². The van der Waals surface area contributed by atoms with Gasteiger partial charge in [0, 0.05) is 23.8 Å². The van der Waals surface area contributed by atoms with Crippen LogP contribution in [-0.4, -0.2) is 38.1 Å². The minimum Gasteiger partial charge on any atom is -0.493 e. The Hall–Kier alpha value is -3.06. The van der Waals surface area contributed by atoms with Gasteiger partial charge in [0.1, 0.15) is 0 Å². The highest BCUT2D eigenvalue weighted by molar-refractivity contribution is 6.04. The first kappa shape index (κ1) is 22.2. The molecule has 7 nitrogen and oxygen atoms in total. The molecule has 0 aliphatic rings. The molecule has 3 N–H and O–H groups in total. The van der Waals surface area contributed by atoms with Crippen molar-refractivity contribution in [2.24, 2.45) is 0 Å². The van der Waals surface area contributed by atoms with E-state index in [4.69, 9.17) is 9.47 Å². The van der Waals surface area contributed by atoms with Crippen LogP contribution in [0, 0.1) is 0 Å². The Labute approximate surface area is 171 Å². The molecule has 0 fully saturated rings. The van der Waals surface area contributed by atoms with Crippen LogP contribution in [0.4, 0.5) is 5.69 Å². The van der Waals surface area contributed by atoms with Crippen molar-refractivity contribution < 1.29 is 19.1 Å². The first-order valence-electron chi connectivity index (χ1n) is 9.64. The highest BCUT2D eigenvalue weighted by Crippen LogP contribution is 2.28. The molecule has 0 aliphatic heterocycles. The third kappa shape index (κ3) is 7.12. The van der Waals surface area contributed by atoms with Crippen LogP contribution in [-0.2, 0) is 11.3 Å². The number of anilines is 1. The van der Waals surface area contributed by atoms with E-state index in [2.05, 4.69) is 16.0 Å². The van der Waals surface area contributed by atoms with Crippen LogP contribution in [0.15, 0.2) is 42.5 Å². The first-order chi connectivity index (χ1) is 13.9. The van der Waals surface area contributed by atoms with Crippen LogP contribution in [0.5, 0.6) is 11.5 Å². The van der Waals surface area contributed by atoms with Crippen molar-refractivity contribution >= 4 is 17.5 Å². The predicted molar refractivity (Wildman–Crippen MR) is 114 cm³/mol. The quantitative estimate of drug-likeness (QED) is 0.572. The number of carbonyl (C=O) groups is 2. The van der Waals surface area contributed by atoms with Crippen molar-refractivity contribution in [2.75, 3.05) is 25.6 Å². The van der Waals surface area contributed by atoms with Gasteiger partial charge in [0.2, 0.25) is 0 Å². The lowest BCUT2D eigenvalue weighted by Gasteiger charge is -2.13. The molecule has 2 rings (SSSR count). The van der Waals surface area contributed by atoms with E-state index < -0.39 is 0 Å². The van der Waals surface area contributed by atoms with Gasteiger partial charge in [-0.3, -0.25) is 9.59 Å². The molecule has 2 amide bonds. The van der Waals surface area contributed by atoms with Crippen molar-refractivity contribution in [1.29, 1.82) is 0 Å². The summed E-state index contributed by atoms with van der Waals surface area (Å²) >= 11 is 0. The van der Waals surface area contributed by atoms with Gasteiger partial charge in [0.05, 0.1) is 7.11 Å². The van der Waals surface area contributed by atoms with Crippen molar-refractivity contribution in [3.63, 3.8) is 0 Å². The molecule has 0 unspecified atom stereocenters. The SMILES string of the molecule is CCNCc1cccc(NC(=O)c2ccc(OCC(=O)NC(C)C)c(OC)c2)c1. The van der Waals surface area contributed by atoms with Gasteiger partial charge in [-0.05, 0) is 56.3 Å². The highest BCUT2D eigenvalue weighted by atomic mass is 16.5. The Morgan fingerprint density at radius 3 is 2.55 bits per heavy atom. The lowest BCUT2D eigenvalue weighted by atomic mass is 10.1. The molecule has 29 heavy (non-hydrogen) atoms. The summed E-state index contributed by atoms with van der Waals surface area (Å²) in [7, 11) is 1.49. The molecule has 2 aromatic carbocycles. The fourth-order valence-electron chi connectivity index (χ4n) is 2.67. The van der Waals surface area contributed by atoms with Gasteiger partial charge in [0.15, 0.2) is 18.1 Å². The highest BCUT2D eigenvalue weighted by Gasteiger charge is 2.13. The normalized spacial score (nSPS) is 10.5. The van der Waals surface area contributed by atoms with Crippen molar-refractivity contribution in [1.82, 2.24) is 10.6 Å². The van der Waals surface area contributed by atoms with Crippen LogP contribution in [0.2, 0.25) is 0 Å². The zero-order valence-corrected chi connectivity index (χ0v) is 17.4. The molecule has 0 spiro atoms. The molecule has 0 heterocycles. The molecule has 0 atom stereocenters. The Morgan fingerprint density at radius 2 is 1.86 bits per heavy atom. The molecule has 2 aromatic rings. The number of hydrogen-bond acceptors (Lipinski definition) is 5. The van der Waals surface area contributed by atoms with E-state index >= 15 is 0 Å². The van der Waals surface area contributed by atoms with E-state index in [0.717, 1.165) is 24.3 Å². The van der Waals surface area contributed by atoms with E-state index in [1.807, 2.05) is 45.0 Å². The van der Waals surface area contributed by atoms with Crippen LogP contribution in [0.3, 0.4) is 0 Å². The van der Waals surface area contributed by atoms with Gasteiger partial charge in [-0.1, -0.05) is 19.1 Å². The minimum atomic E-state index is -0.256. The molecule has 0 radical (unpaired) electrons. The number of rotatable bonds is 10. The number of amides is 2. The zero-order chi connectivity index (χ0) is 21.2. The van der Waals surface area contributed by atoms with Gasteiger partial charge < -0.3 is 25.4 Å². The summed E-state index contributed by atoms with van der Waals surface area (Å²) in [6.07, 6.45) is 0. The Kier molecular flexibility index (Phi) is 8.48. The third-order valence-electron chi connectivity index (χ3n) is 4.00. The number of ether oxygens (including phenoxy) is 2. The van der Waals surface area contributed by atoms with E-state index in [-0.39, 0.29) is 24.5 Å². The lowest BCUT2D eigenvalue weighted by Crippen LogP contribution is -2.34. The molecule has 0 bridgehead atoms. The Bertz CT molecular complexity index is 837. The predicted octanol–water partition coefficient (Wildman–Crippen LogP) is 2.96. The molecular formula is C22H29N3O4. The van der Waals surface area contributed by atoms with Gasteiger partial charge in [0.25, 0.3) is 11.8 Å². The summed E-state index contributed by atoms with van der Waals surface area (Å²) in [5.41, 5.74) is 2.23. The monoisotopic (exact) mass is 399 g/mol. The molecule has 0 saturated carbocycles. The zero-order valence-electron chi connectivity index (χ0n) is 17.4. The fraction of sp³-hybridized carbons (Fsp3) is 0.364. The topological polar surface area (TPSA) is 88.7 Å². The summed E-state index contributed by atoms with van der Waals surface area (Å²) in [5, 5.41) is 8.90. The second-order valence-corrected chi connectivity index (χ2v) is 6.81. The second kappa shape index (κ2) is 11.1. The summed E-state index contributed by atoms with van der Waals surface area (Å²) in [6, 6.07) is 12.6. The average Bonchev–Trinajstić information content (AvgIpc) is 2.70. The molecule has 0 aliphatic carbocycles. The largest absolute Gasteiger partial charge is 0.493 e. The number of nitrogens with one attached hydrogen (secondary N) is 3. The summed E-state index contributed by atoms with van der Waals surface area (Å²) in [6.45, 7) is 7.29. The van der Waals surface area contributed by atoms with Crippen LogP contribution >= 0.6 is 0 Å². The Balaban J connectivity index is 2.05. The van der Waals surface area contributed by atoms with Gasteiger partial charge in [-0.2, -0.15) is 0 Å². The van der Waals surface area contributed by atoms with Crippen molar-refractivity contribution in [2.45, 2.75) is 33.4 Å². The number of carbonyl (C=O) groups excluding carboxylic acids is 2. The number of hydrogen-bond donors (Lipinski definition) is 3. The second-order valence-electron chi connectivity index (χ2n) is 6.81. The van der Waals surface area contributed by atoms with Gasteiger partial charge in [-0.15, -0.1) is 0 Å². The summed E-state index contributed by atoms with van der Waals surface area (Å²) < 4.78 is 10.8. The smallest absolute Gasteiger partial charge is 0.258 e. The fourth-order valence-corrected chi connectivity index (χ4v) is 2.67. The molecule has 0 saturated heterocycles. The average molecular weight is 399 g/mol. The maximum Gasteiger partial charge on any atom is 0.258 e. The third-order valence-corrected chi connectivity index (χ3v) is 4.00. The van der Waals surface area contributed by atoms with E-state index in [1.165, 1.54) is 7.11 Å². The Morgan fingerprint density at radius 1 is 1.07 bits per heavy atom. The molecular weight excluding hydrogens is 370 g/mol. The number of benzene rings is 2. The van der Waals surface area contributed by atoms with E-state index in [1.54, 1.807) is 18.2 Å². The summed E-state index contributed by atoms with van der Waals surface area (Å²) in [5.74, 6) is 0.306. The molecule has 0 aromatic heterocycles.